The molecule has 1 N–H and O–H groups in total. The van der Waals surface area contributed by atoms with Crippen LogP contribution in [0.25, 0.3) is 0 Å². The highest BCUT2D eigenvalue weighted by molar-refractivity contribution is 7.91. The molecule has 0 saturated carbocycles. The van der Waals surface area contributed by atoms with Crippen molar-refractivity contribution in [3.05, 3.63) is 28.2 Å². The molecule has 1 aromatic rings. The van der Waals surface area contributed by atoms with Crippen molar-refractivity contribution < 1.29 is 18.3 Å². The Hall–Kier alpha value is -0.530. The summed E-state index contributed by atoms with van der Waals surface area (Å²) in [4.78, 5) is 12.7. The van der Waals surface area contributed by atoms with Crippen LogP contribution in [0.3, 0.4) is 0 Å². The Labute approximate surface area is 145 Å². The van der Waals surface area contributed by atoms with Crippen LogP contribution in [0.15, 0.2) is 23.1 Å². The fourth-order valence-corrected chi connectivity index (χ4v) is 4.51. The highest BCUT2D eigenvalue weighted by Gasteiger charge is 2.31. The van der Waals surface area contributed by atoms with Crippen molar-refractivity contribution in [2.75, 3.05) is 18.8 Å². The van der Waals surface area contributed by atoms with Gasteiger partial charge in [0, 0.05) is 11.6 Å². The molecule has 0 spiro atoms. The van der Waals surface area contributed by atoms with Gasteiger partial charge >= 0.3 is 5.97 Å². The van der Waals surface area contributed by atoms with Gasteiger partial charge in [-0.15, -0.1) is 12.4 Å². The van der Waals surface area contributed by atoms with Crippen LogP contribution in [-0.4, -0.2) is 49.3 Å². The number of carboxylic acid groups (broad SMARTS) is 1. The van der Waals surface area contributed by atoms with Crippen molar-refractivity contribution in [3.8, 4) is 0 Å². The van der Waals surface area contributed by atoms with Crippen LogP contribution >= 0.6 is 35.6 Å². The first-order valence-electron chi connectivity index (χ1n) is 6.46. The summed E-state index contributed by atoms with van der Waals surface area (Å²) in [7, 11) is -3.60. The Kier molecular flexibility index (Phi) is 6.95. The largest absolute Gasteiger partial charge is 0.480 e. The monoisotopic (exact) mass is 387 g/mol. The van der Waals surface area contributed by atoms with E-state index in [1.165, 1.54) is 18.2 Å². The summed E-state index contributed by atoms with van der Waals surface area (Å²) < 4.78 is 24.6. The van der Waals surface area contributed by atoms with Crippen LogP contribution in [-0.2, 0) is 14.6 Å². The molecule has 1 fully saturated rings. The zero-order valence-electron chi connectivity index (χ0n) is 11.5. The lowest BCUT2D eigenvalue weighted by molar-refractivity contribution is -0.142. The van der Waals surface area contributed by atoms with Crippen LogP contribution in [0.4, 0.5) is 0 Å². The van der Waals surface area contributed by atoms with Crippen molar-refractivity contribution >= 4 is 51.4 Å². The summed E-state index contributed by atoms with van der Waals surface area (Å²) in [5.41, 5.74) is 0. The number of sulfone groups is 1. The van der Waals surface area contributed by atoms with Crippen molar-refractivity contribution in [2.24, 2.45) is 0 Å². The van der Waals surface area contributed by atoms with Gasteiger partial charge in [0.2, 0.25) is 0 Å². The van der Waals surface area contributed by atoms with E-state index in [1.807, 2.05) is 0 Å². The van der Waals surface area contributed by atoms with E-state index in [0.717, 1.165) is 6.42 Å². The number of carbonyl (C=O) groups is 1. The molecule has 0 aromatic heterocycles. The molecule has 0 radical (unpaired) electrons. The quantitative estimate of drug-likeness (QED) is 0.839. The number of benzene rings is 1. The third-order valence-corrected chi connectivity index (χ3v) is 5.93. The summed E-state index contributed by atoms with van der Waals surface area (Å²) in [5, 5.41) is 9.50. The molecule has 0 amide bonds. The van der Waals surface area contributed by atoms with E-state index in [9.17, 15) is 13.2 Å². The minimum absolute atomic E-state index is 0. The molecular weight excluding hydrogens is 373 g/mol. The smallest absolute Gasteiger partial charge is 0.320 e. The molecule has 1 atom stereocenters. The van der Waals surface area contributed by atoms with Gasteiger partial charge in [-0.1, -0.05) is 23.2 Å². The summed E-state index contributed by atoms with van der Waals surface area (Å²) in [6, 6.07) is 3.67. The minimum Gasteiger partial charge on any atom is -0.480 e. The van der Waals surface area contributed by atoms with Crippen LogP contribution < -0.4 is 0 Å². The zero-order chi connectivity index (χ0) is 15.6. The van der Waals surface area contributed by atoms with Gasteiger partial charge in [-0.2, -0.15) is 0 Å². The average molecular weight is 389 g/mol. The lowest BCUT2D eigenvalue weighted by Crippen LogP contribution is -2.38. The van der Waals surface area contributed by atoms with Crippen molar-refractivity contribution in [1.29, 1.82) is 0 Å². The predicted octanol–water partition coefficient (Wildman–Crippen LogP) is 2.74. The van der Waals surface area contributed by atoms with Crippen LogP contribution in [0, 0.1) is 0 Å². The molecule has 9 heteroatoms. The highest BCUT2D eigenvalue weighted by Crippen LogP contribution is 2.26. The molecule has 1 heterocycles. The Bertz CT molecular complexity index is 651. The molecule has 1 unspecified atom stereocenters. The molecule has 22 heavy (non-hydrogen) atoms. The number of rotatable bonds is 5. The molecule has 2 rings (SSSR count). The normalized spacial score (nSPS) is 18.9. The second-order valence-electron chi connectivity index (χ2n) is 4.93. The molecule has 0 bridgehead atoms. The van der Waals surface area contributed by atoms with E-state index in [4.69, 9.17) is 28.3 Å². The lowest BCUT2D eigenvalue weighted by atomic mass is 10.2. The molecule has 1 saturated heterocycles. The van der Waals surface area contributed by atoms with Gasteiger partial charge in [0.25, 0.3) is 0 Å². The summed E-state index contributed by atoms with van der Waals surface area (Å²) >= 11 is 11.7. The summed E-state index contributed by atoms with van der Waals surface area (Å²) in [6.07, 6.45) is 1.31. The standard InChI is InChI=1S/C13H15Cl2NO4S.ClH/c14-9-3-4-10(15)12(8-9)21(19,20)7-6-16-5-1-2-11(16)13(17)18;/h3-4,8,11H,1-2,5-7H2,(H,17,18);1H. The number of nitrogens with zero attached hydrogens (tertiary/aromatic N) is 1. The second-order valence-corrected chi connectivity index (χ2v) is 7.85. The number of hydrogen-bond donors (Lipinski definition) is 1. The maximum absolute atomic E-state index is 12.3. The van der Waals surface area contributed by atoms with Crippen molar-refractivity contribution in [1.82, 2.24) is 4.90 Å². The number of aliphatic carboxylic acids is 1. The van der Waals surface area contributed by atoms with E-state index in [2.05, 4.69) is 0 Å². The molecular formula is C13H16Cl3NO4S. The Morgan fingerprint density at radius 1 is 1.36 bits per heavy atom. The van der Waals surface area contributed by atoms with Crippen molar-refractivity contribution in [3.63, 3.8) is 0 Å². The fraction of sp³-hybridized carbons (Fsp3) is 0.462. The van der Waals surface area contributed by atoms with Gasteiger partial charge in [0.1, 0.15) is 6.04 Å². The first kappa shape index (κ1) is 19.5. The maximum Gasteiger partial charge on any atom is 0.320 e. The number of carboxylic acids is 1. The fourth-order valence-electron chi connectivity index (χ4n) is 2.44. The van der Waals surface area contributed by atoms with Gasteiger partial charge < -0.3 is 5.11 Å². The van der Waals surface area contributed by atoms with E-state index in [1.54, 1.807) is 4.90 Å². The van der Waals surface area contributed by atoms with Gasteiger partial charge in [-0.05, 0) is 37.6 Å². The molecule has 0 aliphatic carbocycles. The molecule has 5 nitrogen and oxygen atoms in total. The van der Waals surface area contributed by atoms with E-state index < -0.39 is 21.8 Å². The average Bonchev–Trinajstić information content (AvgIpc) is 2.88. The van der Waals surface area contributed by atoms with Gasteiger partial charge in [-0.3, -0.25) is 9.69 Å². The van der Waals surface area contributed by atoms with Crippen molar-refractivity contribution in [2.45, 2.75) is 23.8 Å². The number of halogens is 3. The molecule has 124 valence electrons. The minimum atomic E-state index is -3.60. The lowest BCUT2D eigenvalue weighted by Gasteiger charge is -2.20. The zero-order valence-corrected chi connectivity index (χ0v) is 14.7. The predicted molar refractivity (Wildman–Crippen MR) is 88.0 cm³/mol. The summed E-state index contributed by atoms with van der Waals surface area (Å²) in [5.74, 6) is -1.10. The van der Waals surface area contributed by atoms with Gasteiger partial charge in [0.05, 0.1) is 15.7 Å². The Morgan fingerprint density at radius 2 is 2.05 bits per heavy atom. The SMILES string of the molecule is Cl.O=C(O)C1CCCN1CCS(=O)(=O)c1cc(Cl)ccc1Cl. The highest BCUT2D eigenvalue weighted by atomic mass is 35.5. The summed E-state index contributed by atoms with van der Waals surface area (Å²) in [6.45, 7) is 0.762. The van der Waals surface area contributed by atoms with E-state index in [-0.39, 0.29) is 34.6 Å². The number of likely N-dealkylation sites (tertiary alicyclic amines) is 1. The molecule has 1 aliphatic rings. The van der Waals surface area contributed by atoms with E-state index in [0.29, 0.717) is 18.0 Å². The van der Waals surface area contributed by atoms with Crippen LogP contribution in [0.5, 0.6) is 0 Å². The Balaban J connectivity index is 0.00000242. The molecule has 1 aromatic carbocycles. The first-order valence-corrected chi connectivity index (χ1v) is 8.87. The Morgan fingerprint density at radius 3 is 2.68 bits per heavy atom. The third-order valence-electron chi connectivity index (χ3n) is 3.52. The van der Waals surface area contributed by atoms with Crippen LogP contribution in [0.2, 0.25) is 10.0 Å². The molecule has 1 aliphatic heterocycles. The first-order chi connectivity index (χ1) is 9.81. The number of hydrogen-bond acceptors (Lipinski definition) is 4. The van der Waals surface area contributed by atoms with Crippen LogP contribution in [0.1, 0.15) is 12.8 Å². The van der Waals surface area contributed by atoms with Gasteiger partial charge in [0.15, 0.2) is 9.84 Å². The second kappa shape index (κ2) is 7.84. The van der Waals surface area contributed by atoms with E-state index >= 15 is 0 Å². The third kappa shape index (κ3) is 4.49. The van der Waals surface area contributed by atoms with Gasteiger partial charge in [-0.25, -0.2) is 8.42 Å². The topological polar surface area (TPSA) is 74.7 Å². The maximum atomic E-state index is 12.3.